The molecule has 2 aliphatic heterocycles. The van der Waals surface area contributed by atoms with Gasteiger partial charge in [-0.25, -0.2) is 0 Å². The highest BCUT2D eigenvalue weighted by atomic mass is 32.2. The molecule has 4 aromatic rings. The maximum Gasteiger partial charge on any atom is 0.285 e. The number of benzene rings is 3. The summed E-state index contributed by atoms with van der Waals surface area (Å²) in [5.41, 5.74) is 5.18. The predicted molar refractivity (Wildman–Crippen MR) is 152 cm³/mol. The number of carbonyl (C=O) groups excluding carboxylic acids is 3. The molecule has 0 bridgehead atoms. The fourth-order valence-electron chi connectivity index (χ4n) is 4.31. The van der Waals surface area contributed by atoms with Gasteiger partial charge in [-0.15, -0.1) is 0 Å². The van der Waals surface area contributed by atoms with Gasteiger partial charge in [-0.1, -0.05) is 48.2 Å². The number of amides is 3. The molecule has 0 atom stereocenters. The Hall–Kier alpha value is -4.61. The number of anilines is 1. The van der Waals surface area contributed by atoms with E-state index in [4.69, 9.17) is 21.7 Å². The van der Waals surface area contributed by atoms with Crippen LogP contribution in [0.4, 0.5) is 5.69 Å². The minimum Gasteiger partial charge on any atom is -0.454 e. The molecule has 194 valence electrons. The standard InChI is InChI=1S/C28H20N4O5S2/c33-25(29-19-10-11-22-23(13-19)37-16-36-22)15-31-14-18(20-8-4-5-9-21(20)31)12-24-27(35)32(28(38)39-24)30-26(34)17-6-2-1-3-7-17/h1-14H,15-16H2,(H,29,33)(H,30,34)/b24-12-. The number of hydrogen-bond acceptors (Lipinski definition) is 7. The summed E-state index contributed by atoms with van der Waals surface area (Å²) in [7, 11) is 0. The summed E-state index contributed by atoms with van der Waals surface area (Å²) in [5, 5.41) is 4.83. The van der Waals surface area contributed by atoms with Crippen molar-refractivity contribution in [2.45, 2.75) is 6.54 Å². The van der Waals surface area contributed by atoms with Gasteiger partial charge >= 0.3 is 0 Å². The van der Waals surface area contributed by atoms with Crippen molar-refractivity contribution in [3.05, 3.63) is 95.0 Å². The molecule has 3 heterocycles. The van der Waals surface area contributed by atoms with Gasteiger partial charge in [0.05, 0.1) is 4.91 Å². The summed E-state index contributed by atoms with van der Waals surface area (Å²) in [6, 6.07) is 21.4. The summed E-state index contributed by atoms with van der Waals surface area (Å²) in [4.78, 5) is 39.0. The Balaban J connectivity index is 1.21. The number of hydrazine groups is 1. The second-order valence-corrected chi connectivity index (χ2v) is 10.3. The maximum absolute atomic E-state index is 13.1. The van der Waals surface area contributed by atoms with Gasteiger partial charge < -0.3 is 19.4 Å². The van der Waals surface area contributed by atoms with Gasteiger partial charge in [0, 0.05) is 40.0 Å². The molecule has 2 aliphatic rings. The van der Waals surface area contributed by atoms with Crippen molar-refractivity contribution in [1.82, 2.24) is 15.0 Å². The lowest BCUT2D eigenvalue weighted by Crippen LogP contribution is -2.44. The Morgan fingerprint density at radius 1 is 1.00 bits per heavy atom. The highest BCUT2D eigenvalue weighted by Gasteiger charge is 2.34. The third kappa shape index (κ3) is 4.97. The molecule has 0 aliphatic carbocycles. The molecule has 0 spiro atoms. The third-order valence-electron chi connectivity index (χ3n) is 6.12. The van der Waals surface area contributed by atoms with Crippen LogP contribution in [0.25, 0.3) is 17.0 Å². The summed E-state index contributed by atoms with van der Waals surface area (Å²) in [6.45, 7) is 0.208. The maximum atomic E-state index is 13.1. The molecule has 3 amide bonds. The number of ether oxygens (including phenoxy) is 2. The molecule has 0 radical (unpaired) electrons. The lowest BCUT2D eigenvalue weighted by Gasteiger charge is -2.15. The van der Waals surface area contributed by atoms with Crippen LogP contribution in [0.2, 0.25) is 0 Å². The highest BCUT2D eigenvalue weighted by Crippen LogP contribution is 2.35. The molecule has 6 rings (SSSR count). The molecule has 2 N–H and O–H groups in total. The van der Waals surface area contributed by atoms with E-state index >= 15 is 0 Å². The van der Waals surface area contributed by atoms with Crippen LogP contribution < -0.4 is 20.2 Å². The number of thiocarbonyl (C=S) groups is 1. The van der Waals surface area contributed by atoms with Gasteiger partial charge in [-0.2, -0.15) is 5.01 Å². The van der Waals surface area contributed by atoms with Gasteiger partial charge in [0.15, 0.2) is 15.8 Å². The Labute approximate surface area is 232 Å². The van der Waals surface area contributed by atoms with Crippen LogP contribution in [0, 0.1) is 0 Å². The third-order valence-corrected chi connectivity index (χ3v) is 7.42. The van der Waals surface area contributed by atoms with Crippen LogP contribution in [-0.2, 0) is 16.1 Å². The summed E-state index contributed by atoms with van der Waals surface area (Å²) in [6.07, 6.45) is 3.54. The van der Waals surface area contributed by atoms with Crippen molar-refractivity contribution >= 4 is 68.7 Å². The predicted octanol–water partition coefficient (Wildman–Crippen LogP) is 4.55. The van der Waals surface area contributed by atoms with Gasteiger partial charge in [-0.3, -0.25) is 19.8 Å². The Bertz CT molecular complexity index is 1680. The SMILES string of the molecule is O=C(Cn1cc(/C=C2\SC(=S)N(NC(=O)c3ccccc3)C2=O)c2ccccc21)Nc1ccc2c(c1)OCO2. The number of thioether (sulfide) groups is 1. The van der Waals surface area contributed by atoms with E-state index in [-0.39, 0.29) is 23.6 Å². The van der Waals surface area contributed by atoms with Crippen molar-refractivity contribution < 1.29 is 23.9 Å². The largest absolute Gasteiger partial charge is 0.454 e. The molecule has 0 unspecified atom stereocenters. The van der Waals surface area contributed by atoms with Crippen LogP contribution in [0.3, 0.4) is 0 Å². The molecule has 0 saturated carbocycles. The Kier molecular flexibility index (Phi) is 6.51. The second kappa shape index (κ2) is 10.3. The first-order chi connectivity index (χ1) is 19.0. The van der Waals surface area contributed by atoms with Crippen molar-refractivity contribution in [2.24, 2.45) is 0 Å². The van der Waals surface area contributed by atoms with Crippen molar-refractivity contribution in [3.8, 4) is 11.5 Å². The van der Waals surface area contributed by atoms with Crippen LogP contribution in [0.5, 0.6) is 11.5 Å². The van der Waals surface area contributed by atoms with Gasteiger partial charge in [0.1, 0.15) is 6.54 Å². The van der Waals surface area contributed by atoms with E-state index in [1.165, 1.54) is 0 Å². The van der Waals surface area contributed by atoms with Gasteiger partial charge in [0.2, 0.25) is 12.7 Å². The first-order valence-corrected chi connectivity index (χ1v) is 13.1. The number of nitrogens with one attached hydrogen (secondary N) is 2. The van der Waals surface area contributed by atoms with E-state index in [1.54, 1.807) is 54.6 Å². The van der Waals surface area contributed by atoms with Crippen LogP contribution in [0.15, 0.2) is 83.9 Å². The van der Waals surface area contributed by atoms with Crippen LogP contribution in [-0.4, -0.2) is 38.4 Å². The summed E-state index contributed by atoms with van der Waals surface area (Å²) < 4.78 is 12.7. The van der Waals surface area contributed by atoms with E-state index in [0.717, 1.165) is 33.2 Å². The molecule has 9 nitrogen and oxygen atoms in total. The number of hydrogen-bond donors (Lipinski definition) is 2. The first-order valence-electron chi connectivity index (χ1n) is 11.9. The van der Waals surface area contributed by atoms with Crippen molar-refractivity contribution in [1.29, 1.82) is 0 Å². The zero-order valence-corrected chi connectivity index (χ0v) is 21.9. The van der Waals surface area contributed by atoms with E-state index in [1.807, 2.05) is 35.0 Å². The average molecular weight is 557 g/mol. The monoisotopic (exact) mass is 556 g/mol. The normalized spacial score (nSPS) is 15.3. The van der Waals surface area contributed by atoms with Crippen molar-refractivity contribution in [3.63, 3.8) is 0 Å². The van der Waals surface area contributed by atoms with Crippen LogP contribution >= 0.6 is 24.0 Å². The molecule has 1 saturated heterocycles. The Morgan fingerprint density at radius 2 is 1.77 bits per heavy atom. The number of rotatable bonds is 6. The van der Waals surface area contributed by atoms with E-state index in [9.17, 15) is 14.4 Å². The van der Waals surface area contributed by atoms with Gasteiger partial charge in [-0.05, 0) is 48.6 Å². The fourth-order valence-corrected chi connectivity index (χ4v) is 5.48. The van der Waals surface area contributed by atoms with E-state index in [0.29, 0.717) is 27.7 Å². The topological polar surface area (TPSA) is 102 Å². The molecule has 1 fully saturated rings. The van der Waals surface area contributed by atoms with Gasteiger partial charge in [0.25, 0.3) is 11.8 Å². The molecule has 39 heavy (non-hydrogen) atoms. The highest BCUT2D eigenvalue weighted by molar-refractivity contribution is 8.26. The quantitative estimate of drug-likeness (QED) is 0.265. The second-order valence-electron chi connectivity index (χ2n) is 8.67. The molecule has 11 heteroatoms. The van der Waals surface area contributed by atoms with E-state index in [2.05, 4.69) is 10.7 Å². The lowest BCUT2D eigenvalue weighted by atomic mass is 10.1. The number of aromatic nitrogens is 1. The number of para-hydroxylation sites is 1. The fraction of sp³-hybridized carbons (Fsp3) is 0.0714. The summed E-state index contributed by atoms with van der Waals surface area (Å²) in [5.74, 6) is 0.138. The molecular weight excluding hydrogens is 536 g/mol. The smallest absolute Gasteiger partial charge is 0.285 e. The zero-order valence-electron chi connectivity index (χ0n) is 20.2. The van der Waals surface area contributed by atoms with E-state index < -0.39 is 11.8 Å². The number of fused-ring (bicyclic) bond motifs is 2. The lowest BCUT2D eigenvalue weighted by molar-refractivity contribution is -0.123. The summed E-state index contributed by atoms with van der Waals surface area (Å²) >= 11 is 6.47. The molecular formula is C28H20N4O5S2. The first kappa shape index (κ1) is 24.7. The minimum absolute atomic E-state index is 0.0525. The number of carbonyl (C=O) groups is 3. The molecule has 3 aromatic carbocycles. The molecule has 1 aromatic heterocycles. The Morgan fingerprint density at radius 3 is 2.62 bits per heavy atom. The van der Waals surface area contributed by atoms with Crippen molar-refractivity contribution in [2.75, 3.05) is 12.1 Å². The number of nitrogens with zero attached hydrogens (tertiary/aromatic N) is 2. The average Bonchev–Trinajstić information content (AvgIpc) is 3.62. The minimum atomic E-state index is -0.432. The zero-order chi connectivity index (χ0) is 26.9. The van der Waals surface area contributed by atoms with Crippen LogP contribution in [0.1, 0.15) is 15.9 Å².